The lowest BCUT2D eigenvalue weighted by atomic mass is 9.83. The summed E-state index contributed by atoms with van der Waals surface area (Å²) in [5.41, 5.74) is 7.18. The Morgan fingerprint density at radius 2 is 1.59 bits per heavy atom. The Morgan fingerprint density at radius 3 is 2.37 bits per heavy atom. The van der Waals surface area contributed by atoms with Gasteiger partial charge in [-0.25, -0.2) is 0 Å². The SMILES string of the molecule is Cc1ccc2c(c1)CC1(c3ccccc3)CN(Cc3ccccc3)CCN21. The highest BCUT2D eigenvalue weighted by molar-refractivity contribution is 5.65. The van der Waals surface area contributed by atoms with Crippen LogP contribution < -0.4 is 4.90 Å². The molecular formula is C25H26N2. The summed E-state index contributed by atoms with van der Waals surface area (Å²) >= 11 is 0. The van der Waals surface area contributed by atoms with E-state index in [9.17, 15) is 0 Å². The van der Waals surface area contributed by atoms with Crippen molar-refractivity contribution in [1.82, 2.24) is 4.90 Å². The highest BCUT2D eigenvalue weighted by atomic mass is 15.3. The molecule has 1 saturated heterocycles. The molecule has 5 rings (SSSR count). The molecule has 1 unspecified atom stereocenters. The lowest BCUT2D eigenvalue weighted by Gasteiger charge is -2.49. The molecule has 2 heteroatoms. The normalized spacial score (nSPS) is 21.7. The fourth-order valence-electron chi connectivity index (χ4n) is 5.00. The predicted octanol–water partition coefficient (Wildman–Crippen LogP) is 4.77. The van der Waals surface area contributed by atoms with Crippen molar-refractivity contribution in [2.45, 2.75) is 25.4 Å². The molecule has 1 fully saturated rings. The summed E-state index contributed by atoms with van der Waals surface area (Å²) in [6.07, 6.45) is 1.10. The van der Waals surface area contributed by atoms with Crippen molar-refractivity contribution < 1.29 is 0 Å². The maximum absolute atomic E-state index is 2.68. The van der Waals surface area contributed by atoms with Crippen LogP contribution in [0.3, 0.4) is 0 Å². The van der Waals surface area contributed by atoms with Crippen LogP contribution in [0.2, 0.25) is 0 Å². The minimum absolute atomic E-state index is 0.0460. The largest absolute Gasteiger partial charge is 0.359 e. The van der Waals surface area contributed by atoms with Gasteiger partial charge in [-0.05, 0) is 29.7 Å². The van der Waals surface area contributed by atoms with Crippen LogP contribution >= 0.6 is 0 Å². The van der Waals surface area contributed by atoms with Crippen molar-refractivity contribution >= 4 is 5.69 Å². The van der Waals surface area contributed by atoms with Crippen molar-refractivity contribution in [3.8, 4) is 0 Å². The van der Waals surface area contributed by atoms with Crippen molar-refractivity contribution in [1.29, 1.82) is 0 Å². The van der Waals surface area contributed by atoms with Gasteiger partial charge in [-0.1, -0.05) is 78.4 Å². The minimum Gasteiger partial charge on any atom is -0.359 e. The van der Waals surface area contributed by atoms with Gasteiger partial charge in [0.05, 0.1) is 5.54 Å². The van der Waals surface area contributed by atoms with E-state index in [4.69, 9.17) is 0 Å². The fraction of sp³-hybridized carbons (Fsp3) is 0.280. The van der Waals surface area contributed by atoms with Crippen LogP contribution in [0.1, 0.15) is 22.3 Å². The lowest BCUT2D eigenvalue weighted by Crippen LogP contribution is -2.58. The maximum atomic E-state index is 2.68. The van der Waals surface area contributed by atoms with Gasteiger partial charge < -0.3 is 4.90 Å². The van der Waals surface area contributed by atoms with E-state index in [1.165, 1.54) is 27.9 Å². The third-order valence-corrected chi connectivity index (χ3v) is 6.21. The van der Waals surface area contributed by atoms with Crippen molar-refractivity contribution in [3.05, 3.63) is 101 Å². The smallest absolute Gasteiger partial charge is 0.0822 e. The van der Waals surface area contributed by atoms with E-state index >= 15 is 0 Å². The Morgan fingerprint density at radius 1 is 0.852 bits per heavy atom. The average Bonchev–Trinajstić information content (AvgIpc) is 3.03. The number of benzene rings is 3. The molecule has 2 heterocycles. The number of rotatable bonds is 3. The quantitative estimate of drug-likeness (QED) is 0.668. The van der Waals surface area contributed by atoms with Gasteiger partial charge in [-0.2, -0.15) is 0 Å². The summed E-state index contributed by atoms with van der Waals surface area (Å²) < 4.78 is 0. The van der Waals surface area contributed by atoms with Crippen LogP contribution in [0.4, 0.5) is 5.69 Å². The fourth-order valence-corrected chi connectivity index (χ4v) is 5.00. The molecule has 2 aliphatic heterocycles. The summed E-state index contributed by atoms with van der Waals surface area (Å²) in [5, 5.41) is 0. The monoisotopic (exact) mass is 354 g/mol. The third-order valence-electron chi connectivity index (χ3n) is 6.21. The van der Waals surface area contributed by atoms with Gasteiger partial charge in [0.25, 0.3) is 0 Å². The second-order valence-electron chi connectivity index (χ2n) is 8.05. The zero-order valence-corrected chi connectivity index (χ0v) is 15.9. The van der Waals surface area contributed by atoms with E-state index in [1.807, 2.05) is 0 Å². The molecule has 0 bridgehead atoms. The number of aryl methyl sites for hydroxylation is 1. The zero-order valence-electron chi connectivity index (χ0n) is 15.9. The zero-order chi connectivity index (χ0) is 18.3. The van der Waals surface area contributed by atoms with Gasteiger partial charge >= 0.3 is 0 Å². The molecule has 1 atom stereocenters. The molecular weight excluding hydrogens is 328 g/mol. The summed E-state index contributed by atoms with van der Waals surface area (Å²) in [5.74, 6) is 0. The Bertz CT molecular complexity index is 935. The molecule has 0 amide bonds. The molecule has 0 spiro atoms. The molecule has 2 nitrogen and oxygen atoms in total. The Labute approximate surface area is 162 Å². The van der Waals surface area contributed by atoms with Gasteiger partial charge in [0.1, 0.15) is 0 Å². The summed E-state index contributed by atoms with van der Waals surface area (Å²) in [7, 11) is 0. The van der Waals surface area contributed by atoms with Crippen LogP contribution in [0.15, 0.2) is 78.9 Å². The predicted molar refractivity (Wildman–Crippen MR) is 112 cm³/mol. The number of hydrogen-bond donors (Lipinski definition) is 0. The highest BCUT2D eigenvalue weighted by Gasteiger charge is 2.48. The highest BCUT2D eigenvalue weighted by Crippen LogP contribution is 2.47. The Balaban J connectivity index is 1.53. The van der Waals surface area contributed by atoms with Crippen molar-refractivity contribution in [3.63, 3.8) is 0 Å². The first-order valence-electron chi connectivity index (χ1n) is 9.94. The van der Waals surface area contributed by atoms with Crippen LogP contribution in [0.25, 0.3) is 0 Å². The van der Waals surface area contributed by atoms with Gasteiger partial charge in [-0.15, -0.1) is 0 Å². The Hall–Kier alpha value is -2.58. The average molecular weight is 354 g/mol. The lowest BCUT2D eigenvalue weighted by molar-refractivity contribution is 0.161. The number of fused-ring (bicyclic) bond motifs is 3. The van der Waals surface area contributed by atoms with E-state index in [1.54, 1.807) is 0 Å². The molecule has 0 saturated carbocycles. The topological polar surface area (TPSA) is 6.48 Å². The number of piperazine rings is 1. The van der Waals surface area contributed by atoms with E-state index < -0.39 is 0 Å². The number of nitrogens with zero attached hydrogens (tertiary/aromatic N) is 2. The van der Waals surface area contributed by atoms with Crippen LogP contribution in [0, 0.1) is 6.92 Å². The molecule has 136 valence electrons. The van der Waals surface area contributed by atoms with Crippen molar-refractivity contribution in [2.75, 3.05) is 24.5 Å². The van der Waals surface area contributed by atoms with Crippen LogP contribution in [-0.4, -0.2) is 24.5 Å². The molecule has 27 heavy (non-hydrogen) atoms. The molecule has 0 aromatic heterocycles. The first-order valence-corrected chi connectivity index (χ1v) is 9.94. The molecule has 3 aromatic carbocycles. The minimum atomic E-state index is 0.0460. The number of hydrogen-bond acceptors (Lipinski definition) is 2. The second-order valence-corrected chi connectivity index (χ2v) is 8.05. The third kappa shape index (κ3) is 2.85. The molecule has 0 N–H and O–H groups in total. The molecule has 3 aromatic rings. The summed E-state index contributed by atoms with van der Waals surface area (Å²) in [6.45, 7) is 6.49. The molecule has 2 aliphatic rings. The van der Waals surface area contributed by atoms with Gasteiger partial charge in [0.2, 0.25) is 0 Å². The Kier molecular flexibility index (Phi) is 4.02. The van der Waals surface area contributed by atoms with Gasteiger partial charge in [0, 0.05) is 38.3 Å². The number of anilines is 1. The summed E-state index contributed by atoms with van der Waals surface area (Å²) in [6, 6.07) is 29.0. The van der Waals surface area contributed by atoms with Crippen LogP contribution in [0.5, 0.6) is 0 Å². The molecule has 0 aliphatic carbocycles. The second kappa shape index (κ2) is 6.54. The standard InChI is InChI=1S/C25H26N2/c1-20-12-13-24-22(16-20)17-25(23-10-6-3-7-11-23)19-26(14-15-27(24)25)18-21-8-4-2-5-9-21/h2-13,16H,14-15,17-19H2,1H3. The maximum Gasteiger partial charge on any atom is 0.0822 e. The molecule has 0 radical (unpaired) electrons. The van der Waals surface area contributed by atoms with E-state index in [-0.39, 0.29) is 5.54 Å². The first-order chi connectivity index (χ1) is 13.2. The summed E-state index contributed by atoms with van der Waals surface area (Å²) in [4.78, 5) is 5.32. The van der Waals surface area contributed by atoms with E-state index in [0.717, 1.165) is 32.6 Å². The first kappa shape index (κ1) is 16.6. The van der Waals surface area contributed by atoms with Crippen LogP contribution in [-0.2, 0) is 18.5 Å². The van der Waals surface area contributed by atoms with E-state index in [0.29, 0.717) is 0 Å². The van der Waals surface area contributed by atoms with Crippen molar-refractivity contribution in [2.24, 2.45) is 0 Å². The van der Waals surface area contributed by atoms with Gasteiger partial charge in [0.15, 0.2) is 0 Å². The van der Waals surface area contributed by atoms with Gasteiger partial charge in [-0.3, -0.25) is 4.90 Å². The van der Waals surface area contributed by atoms with E-state index in [2.05, 4.69) is 95.6 Å².